The largest absolute Gasteiger partial charge is 0.480 e. The lowest BCUT2D eigenvalue weighted by Crippen LogP contribution is -2.44. The molecule has 2 rings (SSSR count). The van der Waals surface area contributed by atoms with E-state index in [9.17, 15) is 19.1 Å². The molecular formula is C20H25FN2O3. The highest BCUT2D eigenvalue weighted by Crippen LogP contribution is 2.27. The number of carboxylic acids is 1. The second-order valence-corrected chi connectivity index (χ2v) is 6.54. The quantitative estimate of drug-likeness (QED) is 0.783. The highest BCUT2D eigenvalue weighted by molar-refractivity contribution is 5.87. The van der Waals surface area contributed by atoms with Crippen molar-refractivity contribution in [1.29, 1.82) is 0 Å². The zero-order chi connectivity index (χ0) is 19.4. The van der Waals surface area contributed by atoms with Gasteiger partial charge >= 0.3 is 5.97 Å². The summed E-state index contributed by atoms with van der Waals surface area (Å²) in [5.41, 5.74) is 7.33. The van der Waals surface area contributed by atoms with Crippen LogP contribution in [0.25, 0.3) is 11.8 Å². The van der Waals surface area contributed by atoms with Crippen LogP contribution in [0.5, 0.6) is 0 Å². The average Bonchev–Trinajstić information content (AvgIpc) is 2.95. The SMILES string of the molecule is C=C(N)c1cc(F)c(CC(C(=O)O)N2CCC(CC)C2=O)cc1/C=C\C. The number of aliphatic carboxylic acids is 1. The van der Waals surface area contributed by atoms with Crippen LogP contribution in [0.1, 0.15) is 43.4 Å². The number of nitrogens with two attached hydrogens (primary N) is 1. The number of rotatable bonds is 7. The molecule has 1 aliphatic rings. The summed E-state index contributed by atoms with van der Waals surface area (Å²) < 4.78 is 14.6. The molecule has 0 radical (unpaired) electrons. The summed E-state index contributed by atoms with van der Waals surface area (Å²) in [6.45, 7) is 7.76. The minimum atomic E-state index is -1.13. The van der Waals surface area contributed by atoms with Crippen molar-refractivity contribution in [2.24, 2.45) is 11.7 Å². The van der Waals surface area contributed by atoms with E-state index < -0.39 is 17.8 Å². The van der Waals surface area contributed by atoms with Crippen LogP contribution in [-0.4, -0.2) is 34.5 Å². The smallest absolute Gasteiger partial charge is 0.326 e. The maximum Gasteiger partial charge on any atom is 0.326 e. The molecule has 1 aromatic carbocycles. The van der Waals surface area contributed by atoms with E-state index in [0.29, 0.717) is 30.5 Å². The van der Waals surface area contributed by atoms with Gasteiger partial charge in [-0.15, -0.1) is 0 Å². The molecule has 140 valence electrons. The molecule has 3 N–H and O–H groups in total. The molecule has 1 saturated heterocycles. The molecule has 0 bridgehead atoms. The zero-order valence-electron chi connectivity index (χ0n) is 15.2. The third-order valence-corrected chi connectivity index (χ3v) is 4.83. The van der Waals surface area contributed by atoms with Crippen LogP contribution in [0, 0.1) is 11.7 Å². The third-order valence-electron chi connectivity index (χ3n) is 4.83. The van der Waals surface area contributed by atoms with Gasteiger partial charge in [-0.25, -0.2) is 9.18 Å². The van der Waals surface area contributed by atoms with Gasteiger partial charge in [-0.1, -0.05) is 25.7 Å². The van der Waals surface area contributed by atoms with Crippen LogP contribution in [0.3, 0.4) is 0 Å². The van der Waals surface area contributed by atoms with Crippen molar-refractivity contribution in [3.63, 3.8) is 0 Å². The fourth-order valence-electron chi connectivity index (χ4n) is 3.38. The Balaban J connectivity index is 2.37. The highest BCUT2D eigenvalue weighted by atomic mass is 19.1. The lowest BCUT2D eigenvalue weighted by Gasteiger charge is -2.25. The Morgan fingerprint density at radius 3 is 2.73 bits per heavy atom. The molecule has 5 nitrogen and oxygen atoms in total. The molecule has 1 fully saturated rings. The number of allylic oxidation sites excluding steroid dienone is 1. The van der Waals surface area contributed by atoms with Crippen LogP contribution in [0.15, 0.2) is 24.8 Å². The fraction of sp³-hybridized carbons (Fsp3) is 0.400. The number of carbonyl (C=O) groups excluding carboxylic acids is 1. The Bertz CT molecular complexity index is 758. The molecule has 2 atom stereocenters. The minimum absolute atomic E-state index is 0.0920. The molecule has 1 aromatic rings. The summed E-state index contributed by atoms with van der Waals surface area (Å²) in [7, 11) is 0. The molecule has 0 saturated carbocycles. The topological polar surface area (TPSA) is 83.6 Å². The summed E-state index contributed by atoms with van der Waals surface area (Å²) in [4.78, 5) is 25.5. The number of carboxylic acid groups (broad SMARTS) is 1. The van der Waals surface area contributed by atoms with E-state index in [0.717, 1.165) is 0 Å². The summed E-state index contributed by atoms with van der Waals surface area (Å²) >= 11 is 0. The molecule has 6 heteroatoms. The van der Waals surface area contributed by atoms with E-state index in [4.69, 9.17) is 5.73 Å². The van der Waals surface area contributed by atoms with Crippen LogP contribution >= 0.6 is 0 Å². The zero-order valence-corrected chi connectivity index (χ0v) is 15.2. The number of hydrogen-bond acceptors (Lipinski definition) is 3. The van der Waals surface area contributed by atoms with Gasteiger partial charge in [-0.3, -0.25) is 4.79 Å². The molecule has 0 aliphatic carbocycles. The van der Waals surface area contributed by atoms with Crippen molar-refractivity contribution in [3.05, 3.63) is 47.3 Å². The third kappa shape index (κ3) is 3.95. The maximum absolute atomic E-state index is 14.6. The monoisotopic (exact) mass is 360 g/mol. The highest BCUT2D eigenvalue weighted by Gasteiger charge is 2.38. The van der Waals surface area contributed by atoms with Crippen molar-refractivity contribution in [1.82, 2.24) is 4.90 Å². The van der Waals surface area contributed by atoms with Gasteiger partial charge in [0, 0.05) is 30.1 Å². The van der Waals surface area contributed by atoms with Gasteiger partial charge in [0.1, 0.15) is 11.9 Å². The van der Waals surface area contributed by atoms with Crippen molar-refractivity contribution in [3.8, 4) is 0 Å². The Morgan fingerprint density at radius 1 is 1.54 bits per heavy atom. The van der Waals surface area contributed by atoms with Crippen LogP contribution in [0.2, 0.25) is 0 Å². The average molecular weight is 360 g/mol. The molecule has 1 amide bonds. The molecule has 2 unspecified atom stereocenters. The number of nitrogens with zero attached hydrogens (tertiary/aromatic N) is 1. The number of hydrogen-bond donors (Lipinski definition) is 2. The first-order valence-corrected chi connectivity index (χ1v) is 8.73. The first-order chi connectivity index (χ1) is 12.3. The summed E-state index contributed by atoms with van der Waals surface area (Å²) in [5.74, 6) is -2.00. The van der Waals surface area contributed by atoms with Crippen LogP contribution in [0.4, 0.5) is 4.39 Å². The van der Waals surface area contributed by atoms with E-state index in [1.165, 1.54) is 11.0 Å². The second-order valence-electron chi connectivity index (χ2n) is 6.54. The van der Waals surface area contributed by atoms with E-state index in [2.05, 4.69) is 6.58 Å². The predicted octanol–water partition coefficient (Wildman–Crippen LogP) is 3.04. The van der Waals surface area contributed by atoms with E-state index in [1.54, 1.807) is 18.2 Å². The van der Waals surface area contributed by atoms with Gasteiger partial charge in [-0.05, 0) is 43.0 Å². The summed E-state index contributed by atoms with van der Waals surface area (Å²) in [5, 5.41) is 9.61. The Labute approximate surface area is 153 Å². The van der Waals surface area contributed by atoms with Gasteiger partial charge in [0.25, 0.3) is 0 Å². The van der Waals surface area contributed by atoms with Crippen molar-refractivity contribution < 1.29 is 19.1 Å². The number of carbonyl (C=O) groups is 2. The number of likely N-dealkylation sites (tertiary alicyclic amines) is 1. The lowest BCUT2D eigenvalue weighted by molar-refractivity contribution is -0.149. The second kappa shape index (κ2) is 8.17. The van der Waals surface area contributed by atoms with Gasteiger partial charge in [0.05, 0.1) is 0 Å². The molecule has 0 spiro atoms. The van der Waals surface area contributed by atoms with Gasteiger partial charge < -0.3 is 15.7 Å². The Hall–Kier alpha value is -2.63. The first-order valence-electron chi connectivity index (χ1n) is 8.73. The number of halogens is 1. The lowest BCUT2D eigenvalue weighted by atomic mass is 9.96. The van der Waals surface area contributed by atoms with Crippen molar-refractivity contribution in [2.45, 2.75) is 39.2 Å². The molecule has 26 heavy (non-hydrogen) atoms. The van der Waals surface area contributed by atoms with Crippen LogP contribution < -0.4 is 5.73 Å². The van der Waals surface area contributed by atoms with Gasteiger partial charge in [0.15, 0.2) is 0 Å². The Kier molecular flexibility index (Phi) is 6.18. The number of benzene rings is 1. The molecule has 1 heterocycles. The fourth-order valence-corrected chi connectivity index (χ4v) is 3.38. The maximum atomic E-state index is 14.6. The minimum Gasteiger partial charge on any atom is -0.480 e. The molecule has 0 aromatic heterocycles. The number of amides is 1. The van der Waals surface area contributed by atoms with Crippen molar-refractivity contribution in [2.75, 3.05) is 6.54 Å². The standard InChI is InChI=1S/C20H25FN2O3/c1-4-6-14-9-15(17(21)11-16(14)12(3)22)10-18(20(25)26)23-8-7-13(5-2)19(23)24/h4,6,9,11,13,18H,3,5,7-8,10,22H2,1-2H3,(H,25,26)/b6-4-. The summed E-state index contributed by atoms with van der Waals surface area (Å²) in [6, 6.07) is 1.77. The molecule has 1 aliphatic heterocycles. The predicted molar refractivity (Wildman–Crippen MR) is 99.6 cm³/mol. The van der Waals surface area contributed by atoms with Crippen molar-refractivity contribution >= 4 is 23.6 Å². The van der Waals surface area contributed by atoms with Gasteiger partial charge in [-0.2, -0.15) is 0 Å². The first kappa shape index (κ1) is 19.7. The Morgan fingerprint density at radius 2 is 2.23 bits per heavy atom. The van der Waals surface area contributed by atoms with E-state index >= 15 is 0 Å². The van der Waals surface area contributed by atoms with Gasteiger partial charge in [0.2, 0.25) is 5.91 Å². The normalized spacial score (nSPS) is 18.5. The molecular weight excluding hydrogens is 335 g/mol. The van der Waals surface area contributed by atoms with E-state index in [1.807, 2.05) is 13.8 Å². The van der Waals surface area contributed by atoms with E-state index in [-0.39, 0.29) is 29.5 Å². The summed E-state index contributed by atoms with van der Waals surface area (Å²) in [6.07, 6.45) is 4.77. The van der Waals surface area contributed by atoms with Crippen LogP contribution in [-0.2, 0) is 16.0 Å².